The minimum Gasteiger partial charge on any atom is -0.456 e. The number of benzene rings is 7. The molecule has 0 atom stereocenters. The van der Waals surface area contributed by atoms with E-state index in [0.29, 0.717) is 5.69 Å². The van der Waals surface area contributed by atoms with Crippen molar-refractivity contribution in [1.82, 2.24) is 9.13 Å². The molecular formula is C46H29N3O. The Hall–Kier alpha value is -6.57. The Kier molecular flexibility index (Phi) is 5.22. The number of aromatic nitrogens is 2. The minimum atomic E-state index is -0.119. The van der Waals surface area contributed by atoms with Gasteiger partial charge in [0.15, 0.2) is 5.69 Å². The van der Waals surface area contributed by atoms with Gasteiger partial charge in [-0.2, -0.15) is 0 Å². The van der Waals surface area contributed by atoms with Crippen molar-refractivity contribution in [3.8, 4) is 22.5 Å². The highest BCUT2D eigenvalue weighted by Gasteiger charge is 2.38. The molecule has 0 N–H and O–H groups in total. The Morgan fingerprint density at radius 3 is 1.86 bits per heavy atom. The predicted octanol–water partition coefficient (Wildman–Crippen LogP) is 12.6. The zero-order valence-corrected chi connectivity index (χ0v) is 27.5. The predicted molar refractivity (Wildman–Crippen MR) is 206 cm³/mol. The maximum absolute atomic E-state index is 7.59. The van der Waals surface area contributed by atoms with E-state index >= 15 is 0 Å². The van der Waals surface area contributed by atoms with Gasteiger partial charge < -0.3 is 13.6 Å². The quantitative estimate of drug-likeness (QED) is 0.173. The van der Waals surface area contributed by atoms with Crippen molar-refractivity contribution in [3.05, 3.63) is 162 Å². The van der Waals surface area contributed by atoms with Crippen molar-refractivity contribution in [2.75, 3.05) is 0 Å². The first-order chi connectivity index (χ1) is 24.5. The maximum atomic E-state index is 7.59. The van der Waals surface area contributed by atoms with Gasteiger partial charge in [0.2, 0.25) is 0 Å². The Bertz CT molecular complexity index is 3140. The highest BCUT2D eigenvalue weighted by atomic mass is 16.3. The molecule has 0 aliphatic heterocycles. The number of hydrogen-bond donors (Lipinski definition) is 0. The van der Waals surface area contributed by atoms with Crippen molar-refractivity contribution in [2.45, 2.75) is 19.3 Å². The Morgan fingerprint density at radius 2 is 1.12 bits per heavy atom. The Labute approximate surface area is 287 Å². The first kappa shape index (κ1) is 27.4. The molecule has 0 amide bonds. The van der Waals surface area contributed by atoms with Gasteiger partial charge in [-0.25, -0.2) is 4.85 Å². The molecule has 11 rings (SSSR count). The van der Waals surface area contributed by atoms with Gasteiger partial charge in [0.05, 0.1) is 28.6 Å². The summed E-state index contributed by atoms with van der Waals surface area (Å²) >= 11 is 0. The molecule has 0 saturated carbocycles. The summed E-state index contributed by atoms with van der Waals surface area (Å²) in [6.07, 6.45) is 0. The van der Waals surface area contributed by atoms with Crippen LogP contribution in [-0.4, -0.2) is 9.13 Å². The van der Waals surface area contributed by atoms with Crippen molar-refractivity contribution in [1.29, 1.82) is 0 Å². The normalized spacial score (nSPS) is 13.5. The number of furan rings is 1. The van der Waals surface area contributed by atoms with Crippen LogP contribution in [0, 0.1) is 6.57 Å². The molecular weight excluding hydrogens is 611 g/mol. The molecule has 3 heterocycles. The summed E-state index contributed by atoms with van der Waals surface area (Å²) in [7, 11) is 0. The monoisotopic (exact) mass is 639 g/mol. The summed E-state index contributed by atoms with van der Waals surface area (Å²) in [4.78, 5) is 3.70. The molecule has 10 aromatic rings. The van der Waals surface area contributed by atoms with E-state index in [1.165, 1.54) is 44.1 Å². The summed E-state index contributed by atoms with van der Waals surface area (Å²) < 4.78 is 11.2. The van der Waals surface area contributed by atoms with Gasteiger partial charge >= 0.3 is 0 Å². The van der Waals surface area contributed by atoms with E-state index in [1.54, 1.807) is 0 Å². The van der Waals surface area contributed by atoms with Crippen LogP contribution in [0.3, 0.4) is 0 Å². The standard InChI is InChI=1S/C46H29N3O/c1-46(2)37-13-7-4-10-30(37)32-19-21-41-44(45(32)46)33-12-6-9-15-39(33)49(41)29-18-23-43-36(26-29)35-25-28(17-22-42(35)50-43)48-38-14-8-5-11-31(38)34-24-27(47-3)16-20-40(34)48/h4-26H,1-2H3. The highest BCUT2D eigenvalue weighted by Crippen LogP contribution is 2.53. The molecule has 0 saturated heterocycles. The van der Waals surface area contributed by atoms with Crippen LogP contribution in [0.4, 0.5) is 5.69 Å². The fourth-order valence-corrected chi connectivity index (χ4v) is 8.95. The van der Waals surface area contributed by atoms with E-state index < -0.39 is 0 Å². The average Bonchev–Trinajstić information content (AvgIpc) is 3.86. The van der Waals surface area contributed by atoms with Crippen LogP contribution in [-0.2, 0) is 5.41 Å². The third kappa shape index (κ3) is 3.43. The largest absolute Gasteiger partial charge is 0.456 e. The highest BCUT2D eigenvalue weighted by molar-refractivity contribution is 6.15. The molecule has 50 heavy (non-hydrogen) atoms. The van der Waals surface area contributed by atoms with Crippen LogP contribution >= 0.6 is 0 Å². The van der Waals surface area contributed by atoms with Crippen molar-refractivity contribution < 1.29 is 4.42 Å². The lowest BCUT2D eigenvalue weighted by atomic mass is 9.80. The summed E-state index contributed by atoms with van der Waals surface area (Å²) in [5.41, 5.74) is 14.5. The summed E-state index contributed by atoms with van der Waals surface area (Å²) in [5, 5.41) is 6.96. The van der Waals surface area contributed by atoms with Gasteiger partial charge in [-0.05, 0) is 94.4 Å². The summed E-state index contributed by atoms with van der Waals surface area (Å²) in [6, 6.07) is 49.8. The third-order valence-electron chi connectivity index (χ3n) is 11.1. The zero-order chi connectivity index (χ0) is 33.3. The number of para-hydroxylation sites is 2. The van der Waals surface area contributed by atoms with Gasteiger partial charge in [0.25, 0.3) is 0 Å². The summed E-state index contributed by atoms with van der Waals surface area (Å²) in [5.74, 6) is 0. The van der Waals surface area contributed by atoms with E-state index in [1.807, 2.05) is 12.1 Å². The fraction of sp³-hybridized carbons (Fsp3) is 0.0652. The second-order valence-corrected chi connectivity index (χ2v) is 14.0. The van der Waals surface area contributed by atoms with Crippen LogP contribution in [0.2, 0.25) is 0 Å². The lowest BCUT2D eigenvalue weighted by Crippen LogP contribution is -2.15. The lowest BCUT2D eigenvalue weighted by Gasteiger charge is -2.22. The molecule has 0 bridgehead atoms. The van der Waals surface area contributed by atoms with E-state index in [-0.39, 0.29) is 5.41 Å². The maximum Gasteiger partial charge on any atom is 0.188 e. The molecule has 0 radical (unpaired) electrons. The first-order valence-corrected chi connectivity index (χ1v) is 17.1. The first-order valence-electron chi connectivity index (χ1n) is 17.1. The van der Waals surface area contributed by atoms with Gasteiger partial charge in [-0.1, -0.05) is 86.6 Å². The molecule has 7 aromatic carbocycles. The second-order valence-electron chi connectivity index (χ2n) is 14.0. The molecule has 1 aliphatic carbocycles. The van der Waals surface area contributed by atoms with Crippen molar-refractivity contribution in [2.24, 2.45) is 0 Å². The molecule has 0 spiro atoms. The second kappa shape index (κ2) is 9.53. The van der Waals surface area contributed by atoms with Crippen LogP contribution in [0.15, 0.2) is 144 Å². The van der Waals surface area contributed by atoms with Crippen molar-refractivity contribution >= 4 is 71.2 Å². The lowest BCUT2D eigenvalue weighted by molar-refractivity contribution is 0.666. The van der Waals surface area contributed by atoms with Crippen LogP contribution < -0.4 is 0 Å². The number of hydrogen-bond acceptors (Lipinski definition) is 1. The smallest absolute Gasteiger partial charge is 0.188 e. The van der Waals surface area contributed by atoms with Gasteiger partial charge in [-0.15, -0.1) is 0 Å². The van der Waals surface area contributed by atoms with E-state index in [2.05, 4.69) is 155 Å². The Balaban J connectivity index is 1.16. The Morgan fingerprint density at radius 1 is 0.520 bits per heavy atom. The third-order valence-corrected chi connectivity index (χ3v) is 11.1. The van der Waals surface area contributed by atoms with Crippen LogP contribution in [0.1, 0.15) is 25.0 Å². The van der Waals surface area contributed by atoms with Crippen LogP contribution in [0.25, 0.3) is 92.9 Å². The van der Waals surface area contributed by atoms with Gasteiger partial charge in [0.1, 0.15) is 11.2 Å². The average molecular weight is 640 g/mol. The zero-order valence-electron chi connectivity index (χ0n) is 27.5. The molecule has 234 valence electrons. The molecule has 0 unspecified atom stereocenters. The van der Waals surface area contributed by atoms with Gasteiger partial charge in [-0.3, -0.25) is 0 Å². The number of fused-ring (bicyclic) bond motifs is 13. The number of nitrogens with zero attached hydrogens (tertiary/aromatic N) is 3. The van der Waals surface area contributed by atoms with E-state index in [0.717, 1.165) is 55.1 Å². The topological polar surface area (TPSA) is 27.4 Å². The molecule has 4 nitrogen and oxygen atoms in total. The van der Waals surface area contributed by atoms with Gasteiger partial charge in [0, 0.05) is 43.7 Å². The van der Waals surface area contributed by atoms with Crippen molar-refractivity contribution in [3.63, 3.8) is 0 Å². The van der Waals surface area contributed by atoms with E-state index in [4.69, 9.17) is 11.0 Å². The van der Waals surface area contributed by atoms with E-state index in [9.17, 15) is 0 Å². The SMILES string of the molecule is [C-]#[N+]c1ccc2c(c1)c1ccccc1n2-c1ccc2oc3ccc(-n4c5ccccc5c5c6c(ccc54)-c4ccccc4C6(C)C)cc3c2c1. The van der Waals surface area contributed by atoms with Crippen LogP contribution in [0.5, 0.6) is 0 Å². The molecule has 0 fully saturated rings. The fourth-order valence-electron chi connectivity index (χ4n) is 8.95. The molecule has 1 aliphatic rings. The molecule has 3 aromatic heterocycles. The minimum absolute atomic E-state index is 0.119. The number of rotatable bonds is 2. The molecule has 4 heteroatoms. The summed E-state index contributed by atoms with van der Waals surface area (Å²) in [6.45, 7) is 12.3.